The summed E-state index contributed by atoms with van der Waals surface area (Å²) in [7, 11) is 4.63. The molecule has 10 heteroatoms. The van der Waals surface area contributed by atoms with Crippen molar-refractivity contribution in [2.75, 3.05) is 26.6 Å². The van der Waals surface area contributed by atoms with Crippen LogP contribution in [0.4, 0.5) is 10.5 Å². The third kappa shape index (κ3) is 8.12. The highest BCUT2D eigenvalue weighted by molar-refractivity contribution is 6.04. The standard InChI is InChI=1S/C30H42N2O8/c1-16-10-9-11-17(2)29(35)32-23-15-21(33)14-22(25(23)34)27(38-7)20(5)13-24(37-6)28(39-8)19(4)12-18(3)26(16)40-30(31)36/h9-12,14-16,19,24,26,28,33-34H,13H2,1-8H3,(H2,31,36)(H,32,35)/t16?,19-,24-,26+,28+/m0/s1. The zero-order valence-corrected chi connectivity index (χ0v) is 24.5. The average Bonchev–Trinajstić information content (AvgIpc) is 2.88. The first-order valence-electron chi connectivity index (χ1n) is 13.0. The van der Waals surface area contributed by atoms with E-state index in [1.165, 1.54) is 19.2 Å². The van der Waals surface area contributed by atoms with E-state index in [4.69, 9.17) is 24.7 Å². The van der Waals surface area contributed by atoms with Crippen LogP contribution in [0.2, 0.25) is 0 Å². The van der Waals surface area contributed by atoms with Crippen LogP contribution in [0.5, 0.6) is 11.5 Å². The maximum Gasteiger partial charge on any atom is 0.405 e. The van der Waals surface area contributed by atoms with Gasteiger partial charge in [-0.2, -0.15) is 0 Å². The number of phenolic OH excluding ortho intramolecular Hbond substituents is 2. The summed E-state index contributed by atoms with van der Waals surface area (Å²) in [5.41, 5.74) is 7.44. The van der Waals surface area contributed by atoms with Crippen LogP contribution in [0.15, 0.2) is 53.2 Å². The number of allylic oxidation sites excluding steroid dienone is 2. The van der Waals surface area contributed by atoms with Crippen molar-refractivity contribution in [3.05, 3.63) is 58.7 Å². The van der Waals surface area contributed by atoms with Crippen molar-refractivity contribution in [1.29, 1.82) is 0 Å². The molecule has 2 rings (SSSR count). The fourth-order valence-electron chi connectivity index (χ4n) is 4.95. The van der Waals surface area contributed by atoms with Gasteiger partial charge in [-0.3, -0.25) is 4.79 Å². The van der Waals surface area contributed by atoms with E-state index in [0.717, 1.165) is 5.57 Å². The monoisotopic (exact) mass is 558 g/mol. The Hall–Kier alpha value is -3.76. The van der Waals surface area contributed by atoms with Gasteiger partial charge in [-0.25, -0.2) is 4.79 Å². The smallest absolute Gasteiger partial charge is 0.405 e. The van der Waals surface area contributed by atoms with Gasteiger partial charge in [0.2, 0.25) is 0 Å². The number of hydrogen-bond donors (Lipinski definition) is 4. The summed E-state index contributed by atoms with van der Waals surface area (Å²) >= 11 is 0. The van der Waals surface area contributed by atoms with E-state index in [1.807, 2.05) is 33.8 Å². The lowest BCUT2D eigenvalue weighted by Crippen LogP contribution is -2.36. The number of amides is 2. The number of ether oxygens (including phenoxy) is 4. The van der Waals surface area contributed by atoms with Crippen molar-refractivity contribution in [3.8, 4) is 11.5 Å². The van der Waals surface area contributed by atoms with E-state index in [0.29, 0.717) is 23.3 Å². The number of benzene rings is 1. The molecule has 1 aliphatic heterocycles. The normalized spacial score (nSPS) is 25.1. The highest BCUT2D eigenvalue weighted by Crippen LogP contribution is 2.39. The average molecular weight is 559 g/mol. The second-order valence-corrected chi connectivity index (χ2v) is 10.1. The molecule has 1 aliphatic rings. The molecule has 1 heterocycles. The molecule has 5 atom stereocenters. The Labute approximate surface area is 236 Å². The molecule has 40 heavy (non-hydrogen) atoms. The van der Waals surface area contributed by atoms with Gasteiger partial charge in [-0.1, -0.05) is 38.2 Å². The van der Waals surface area contributed by atoms with Crippen molar-refractivity contribution in [3.63, 3.8) is 0 Å². The summed E-state index contributed by atoms with van der Waals surface area (Å²) in [5.74, 6) is -1.05. The Morgan fingerprint density at radius 1 is 1.05 bits per heavy atom. The van der Waals surface area contributed by atoms with Crippen LogP contribution in [-0.2, 0) is 23.7 Å². The number of rotatable bonds is 4. The third-order valence-corrected chi connectivity index (χ3v) is 6.96. The summed E-state index contributed by atoms with van der Waals surface area (Å²) in [5, 5.41) is 24.1. The van der Waals surface area contributed by atoms with Gasteiger partial charge in [0.05, 0.1) is 30.6 Å². The van der Waals surface area contributed by atoms with E-state index in [-0.39, 0.29) is 34.6 Å². The van der Waals surface area contributed by atoms with E-state index in [1.54, 1.807) is 39.4 Å². The molecule has 10 nitrogen and oxygen atoms in total. The molecular formula is C30H42N2O8. The molecule has 0 saturated heterocycles. The van der Waals surface area contributed by atoms with E-state index < -0.39 is 30.3 Å². The van der Waals surface area contributed by atoms with Crippen LogP contribution in [0.25, 0.3) is 5.76 Å². The first-order valence-corrected chi connectivity index (χ1v) is 13.0. The second kappa shape index (κ2) is 14.6. The highest BCUT2D eigenvalue weighted by atomic mass is 16.6. The molecule has 0 radical (unpaired) electrons. The van der Waals surface area contributed by atoms with E-state index in [9.17, 15) is 19.8 Å². The molecule has 0 fully saturated rings. The lowest BCUT2D eigenvalue weighted by atomic mass is 9.89. The van der Waals surface area contributed by atoms with Crippen molar-refractivity contribution in [2.45, 2.75) is 59.4 Å². The lowest BCUT2D eigenvalue weighted by Gasteiger charge is -2.30. The largest absolute Gasteiger partial charge is 0.508 e. The Bertz CT molecular complexity index is 1200. The molecule has 0 spiro atoms. The number of phenols is 2. The molecule has 2 amide bonds. The van der Waals surface area contributed by atoms with Crippen LogP contribution in [0.3, 0.4) is 0 Å². The third-order valence-electron chi connectivity index (χ3n) is 6.96. The summed E-state index contributed by atoms with van der Waals surface area (Å²) in [6, 6.07) is 2.62. The number of nitrogens with one attached hydrogen (secondary N) is 1. The summed E-state index contributed by atoms with van der Waals surface area (Å²) in [6.45, 7) is 9.14. The van der Waals surface area contributed by atoms with Gasteiger partial charge in [-0.15, -0.1) is 0 Å². The van der Waals surface area contributed by atoms with Gasteiger partial charge in [0.25, 0.3) is 5.91 Å². The number of methoxy groups -OCH3 is 3. The fraction of sp³-hybridized carbons (Fsp3) is 0.467. The Balaban J connectivity index is 2.75. The first-order chi connectivity index (χ1) is 18.8. The number of aromatic hydroxyl groups is 2. The summed E-state index contributed by atoms with van der Waals surface area (Å²) in [4.78, 5) is 24.6. The van der Waals surface area contributed by atoms with E-state index in [2.05, 4.69) is 5.32 Å². The zero-order valence-electron chi connectivity index (χ0n) is 24.5. The molecule has 1 unspecified atom stereocenters. The predicted octanol–water partition coefficient (Wildman–Crippen LogP) is 5.03. The van der Waals surface area contributed by atoms with Crippen molar-refractivity contribution in [2.24, 2.45) is 17.6 Å². The Morgan fingerprint density at radius 2 is 1.73 bits per heavy atom. The lowest BCUT2D eigenvalue weighted by molar-refractivity contribution is -0.112. The van der Waals surface area contributed by atoms with Crippen LogP contribution in [0, 0.1) is 11.8 Å². The van der Waals surface area contributed by atoms with Crippen LogP contribution in [0.1, 0.15) is 46.6 Å². The maximum atomic E-state index is 12.9. The van der Waals surface area contributed by atoms with Gasteiger partial charge in [0, 0.05) is 44.1 Å². The number of primary amides is 1. The SMILES string of the molecule is COC1=C(C)C[C@H](OC)[C@H](OC)[C@@H](C)C=C(C)[C@H](OC(N)=O)C(C)C=CC=C(C)C(=O)Nc2cc(O)cc1c2O. The summed E-state index contributed by atoms with van der Waals surface area (Å²) in [6.07, 6.45) is 5.01. The van der Waals surface area contributed by atoms with Crippen LogP contribution < -0.4 is 11.1 Å². The van der Waals surface area contributed by atoms with E-state index >= 15 is 0 Å². The molecule has 0 saturated carbocycles. The van der Waals surface area contributed by atoms with Crippen LogP contribution >= 0.6 is 0 Å². The minimum absolute atomic E-state index is 0.0202. The number of hydrogen-bond acceptors (Lipinski definition) is 8. The molecule has 2 bridgehead atoms. The quantitative estimate of drug-likeness (QED) is 0.228. The van der Waals surface area contributed by atoms with Gasteiger partial charge >= 0.3 is 6.09 Å². The zero-order chi connectivity index (χ0) is 30.1. The number of fused-ring (bicyclic) bond motifs is 2. The van der Waals surface area contributed by atoms with Crippen molar-refractivity contribution in [1.82, 2.24) is 0 Å². The molecule has 1 aromatic carbocycles. The number of anilines is 1. The Kier molecular flexibility index (Phi) is 11.8. The van der Waals surface area contributed by atoms with Crippen molar-refractivity contribution < 1.29 is 38.7 Å². The number of carbonyl (C=O) groups excluding carboxylic acids is 2. The van der Waals surface area contributed by atoms with Crippen molar-refractivity contribution >= 4 is 23.4 Å². The van der Waals surface area contributed by atoms with Gasteiger partial charge in [0.15, 0.2) is 0 Å². The number of carbonyl (C=O) groups is 2. The highest BCUT2D eigenvalue weighted by Gasteiger charge is 2.30. The van der Waals surface area contributed by atoms with Crippen LogP contribution in [-0.4, -0.2) is 61.9 Å². The summed E-state index contributed by atoms with van der Waals surface area (Å²) < 4.78 is 22.8. The predicted molar refractivity (Wildman–Crippen MR) is 154 cm³/mol. The second-order valence-electron chi connectivity index (χ2n) is 10.1. The van der Waals surface area contributed by atoms with Gasteiger partial charge in [-0.05, 0) is 38.0 Å². The molecule has 220 valence electrons. The van der Waals surface area contributed by atoms with Gasteiger partial charge < -0.3 is 40.2 Å². The minimum atomic E-state index is -0.897. The topological polar surface area (TPSA) is 150 Å². The molecular weight excluding hydrogens is 516 g/mol. The first kappa shape index (κ1) is 32.5. The Morgan fingerprint density at radius 3 is 2.30 bits per heavy atom. The number of nitrogens with two attached hydrogens (primary N) is 1. The molecule has 0 aliphatic carbocycles. The molecule has 0 aromatic heterocycles. The fourth-order valence-corrected chi connectivity index (χ4v) is 4.95. The maximum absolute atomic E-state index is 12.9. The molecule has 5 N–H and O–H groups in total. The minimum Gasteiger partial charge on any atom is -0.508 e. The molecule has 1 aromatic rings. The van der Waals surface area contributed by atoms with Gasteiger partial charge in [0.1, 0.15) is 23.4 Å².